The zero-order valence-electron chi connectivity index (χ0n) is 15.2. The Bertz CT molecular complexity index is 739. The number of ether oxygens (including phenoxy) is 1. The minimum atomic E-state index is -0.864. The van der Waals surface area contributed by atoms with Gasteiger partial charge in [0.25, 0.3) is 5.91 Å². The van der Waals surface area contributed by atoms with Crippen LogP contribution in [0.25, 0.3) is 0 Å². The van der Waals surface area contributed by atoms with Gasteiger partial charge in [0.2, 0.25) is 0 Å². The van der Waals surface area contributed by atoms with E-state index in [9.17, 15) is 13.6 Å². The van der Waals surface area contributed by atoms with Crippen LogP contribution in [-0.2, 0) is 11.3 Å². The van der Waals surface area contributed by atoms with Crippen molar-refractivity contribution >= 4 is 5.91 Å². The molecule has 0 fully saturated rings. The van der Waals surface area contributed by atoms with Crippen LogP contribution >= 0.6 is 0 Å². The van der Waals surface area contributed by atoms with Gasteiger partial charge in [-0.3, -0.25) is 10.0 Å². The van der Waals surface area contributed by atoms with Gasteiger partial charge in [0.15, 0.2) is 6.10 Å². The van der Waals surface area contributed by atoms with Crippen LogP contribution in [0.1, 0.15) is 30.4 Å². The molecule has 27 heavy (non-hydrogen) atoms. The lowest BCUT2D eigenvalue weighted by Crippen LogP contribution is -2.36. The van der Waals surface area contributed by atoms with Crippen LogP contribution in [0, 0.1) is 18.6 Å². The third-order valence-corrected chi connectivity index (χ3v) is 4.12. The van der Waals surface area contributed by atoms with Gasteiger partial charge >= 0.3 is 0 Å². The molecular formula is C20H24F2N2O3. The molecule has 3 N–H and O–H groups in total. The van der Waals surface area contributed by atoms with E-state index in [4.69, 9.17) is 9.94 Å². The maximum absolute atomic E-state index is 13.3. The van der Waals surface area contributed by atoms with E-state index in [0.717, 1.165) is 18.5 Å². The summed E-state index contributed by atoms with van der Waals surface area (Å²) in [4.78, 5) is 11.8. The summed E-state index contributed by atoms with van der Waals surface area (Å²) in [6.07, 6.45) is 1.02. The molecule has 0 aromatic heterocycles. The molecule has 5 nitrogen and oxygen atoms in total. The van der Waals surface area contributed by atoms with Gasteiger partial charge in [0.1, 0.15) is 17.4 Å². The zero-order valence-corrected chi connectivity index (χ0v) is 15.2. The summed E-state index contributed by atoms with van der Waals surface area (Å²) >= 11 is 0. The molecule has 0 radical (unpaired) electrons. The van der Waals surface area contributed by atoms with Crippen LogP contribution < -0.4 is 15.5 Å². The molecule has 2 aromatic rings. The van der Waals surface area contributed by atoms with E-state index >= 15 is 0 Å². The summed E-state index contributed by atoms with van der Waals surface area (Å²) in [6.45, 7) is 2.96. The highest BCUT2D eigenvalue weighted by atomic mass is 19.1. The lowest BCUT2D eigenvalue weighted by molar-refractivity contribution is -0.136. The van der Waals surface area contributed by atoms with Gasteiger partial charge in [0.05, 0.1) is 0 Å². The second kappa shape index (κ2) is 10.6. The molecule has 0 aliphatic rings. The first-order valence-electron chi connectivity index (χ1n) is 8.81. The summed E-state index contributed by atoms with van der Waals surface area (Å²) in [5.41, 5.74) is 3.01. The van der Waals surface area contributed by atoms with Crippen molar-refractivity contribution in [2.75, 3.05) is 6.54 Å². The fourth-order valence-electron chi connectivity index (χ4n) is 2.59. The lowest BCUT2D eigenvalue weighted by atomic mass is 10.1. The first kappa shape index (κ1) is 20.8. The average molecular weight is 378 g/mol. The average Bonchev–Trinajstić information content (AvgIpc) is 2.67. The monoisotopic (exact) mass is 378 g/mol. The van der Waals surface area contributed by atoms with Crippen molar-refractivity contribution in [3.05, 3.63) is 65.2 Å². The fraction of sp³-hybridized carbons (Fsp3) is 0.350. The first-order valence-corrected chi connectivity index (χ1v) is 8.81. The molecule has 2 rings (SSSR count). The topological polar surface area (TPSA) is 70.6 Å². The van der Waals surface area contributed by atoms with E-state index in [2.05, 4.69) is 5.32 Å². The van der Waals surface area contributed by atoms with E-state index in [0.29, 0.717) is 30.7 Å². The number of nitrogens with one attached hydrogen (secondary N) is 2. The van der Waals surface area contributed by atoms with Crippen LogP contribution in [0.2, 0.25) is 0 Å². The zero-order chi connectivity index (χ0) is 19.6. The molecular weight excluding hydrogens is 354 g/mol. The Hall–Kier alpha value is -2.51. The molecule has 0 aliphatic carbocycles. The Morgan fingerprint density at radius 2 is 1.89 bits per heavy atom. The summed E-state index contributed by atoms with van der Waals surface area (Å²) < 4.78 is 31.8. The van der Waals surface area contributed by atoms with Crippen molar-refractivity contribution in [3.63, 3.8) is 0 Å². The molecule has 0 bridgehead atoms. The van der Waals surface area contributed by atoms with E-state index in [-0.39, 0.29) is 11.6 Å². The molecule has 7 heteroatoms. The van der Waals surface area contributed by atoms with Crippen LogP contribution in [0.4, 0.5) is 8.78 Å². The fourth-order valence-corrected chi connectivity index (χ4v) is 2.59. The predicted molar refractivity (Wildman–Crippen MR) is 97.4 cm³/mol. The Labute approximate surface area is 157 Å². The normalized spacial score (nSPS) is 11.9. The van der Waals surface area contributed by atoms with E-state index in [1.807, 2.05) is 0 Å². The van der Waals surface area contributed by atoms with E-state index in [1.165, 1.54) is 30.3 Å². The van der Waals surface area contributed by atoms with Crippen molar-refractivity contribution in [1.82, 2.24) is 10.8 Å². The molecule has 0 aliphatic heterocycles. The lowest BCUT2D eigenvalue weighted by Gasteiger charge is -2.17. The number of carbonyl (C=O) groups excluding carboxylic acids is 1. The highest BCUT2D eigenvalue weighted by Crippen LogP contribution is 2.19. The minimum Gasteiger partial charge on any atom is -0.481 e. The highest BCUT2D eigenvalue weighted by molar-refractivity contribution is 5.79. The second-order valence-electron chi connectivity index (χ2n) is 6.29. The number of aryl methyl sites for hydroxylation is 1. The number of hydroxylamine groups is 1. The van der Waals surface area contributed by atoms with Crippen LogP contribution in [0.3, 0.4) is 0 Å². The number of hydrogen-bond acceptors (Lipinski definition) is 4. The summed E-state index contributed by atoms with van der Waals surface area (Å²) in [6, 6.07) is 10.5. The maximum Gasteiger partial charge on any atom is 0.284 e. The number of unbranched alkanes of at least 4 members (excludes halogenated alkanes) is 1. The molecule has 146 valence electrons. The van der Waals surface area contributed by atoms with Crippen molar-refractivity contribution in [3.8, 4) is 5.75 Å². The Kier molecular flexibility index (Phi) is 8.16. The van der Waals surface area contributed by atoms with Crippen LogP contribution in [-0.4, -0.2) is 23.8 Å². The minimum absolute atomic E-state index is 0.261. The summed E-state index contributed by atoms with van der Waals surface area (Å²) in [5, 5.41) is 12.1. The quantitative estimate of drug-likeness (QED) is 0.336. The van der Waals surface area contributed by atoms with Gasteiger partial charge in [-0.15, -0.1) is 0 Å². The SMILES string of the molecule is Cc1cc(O[C@H](CCCCNCc2ccc(F)cc2)C(=O)NO)ccc1F. The highest BCUT2D eigenvalue weighted by Gasteiger charge is 2.19. The largest absolute Gasteiger partial charge is 0.481 e. The molecule has 0 saturated heterocycles. The first-order chi connectivity index (χ1) is 13.0. The number of rotatable bonds is 10. The summed E-state index contributed by atoms with van der Waals surface area (Å²) in [7, 11) is 0. The molecule has 2 aromatic carbocycles. The van der Waals surface area contributed by atoms with Crippen molar-refractivity contribution in [2.24, 2.45) is 0 Å². The van der Waals surface area contributed by atoms with Crippen molar-refractivity contribution in [2.45, 2.75) is 38.8 Å². The van der Waals surface area contributed by atoms with Gasteiger partial charge < -0.3 is 10.1 Å². The standard InChI is InChI=1S/C20H24F2N2O3/c1-14-12-17(9-10-18(14)22)27-19(20(25)24-26)4-2-3-11-23-13-15-5-7-16(21)8-6-15/h5-10,12,19,23,26H,2-4,11,13H2,1H3,(H,24,25)/t19-/m1/s1. The number of hydrogen-bond donors (Lipinski definition) is 3. The molecule has 1 atom stereocenters. The van der Waals surface area contributed by atoms with Gasteiger partial charge in [-0.25, -0.2) is 14.3 Å². The van der Waals surface area contributed by atoms with E-state index < -0.39 is 12.0 Å². The van der Waals surface area contributed by atoms with Crippen molar-refractivity contribution in [1.29, 1.82) is 0 Å². The number of halogens is 2. The van der Waals surface area contributed by atoms with Gasteiger partial charge in [-0.05, 0) is 74.2 Å². The maximum atomic E-state index is 13.3. The van der Waals surface area contributed by atoms with Gasteiger partial charge in [-0.2, -0.15) is 0 Å². The van der Waals surface area contributed by atoms with Crippen LogP contribution in [0.5, 0.6) is 5.75 Å². The predicted octanol–water partition coefficient (Wildman–Crippen LogP) is 3.49. The molecule has 1 amide bonds. The Balaban J connectivity index is 1.74. The Morgan fingerprint density at radius 1 is 1.15 bits per heavy atom. The van der Waals surface area contributed by atoms with Crippen LogP contribution in [0.15, 0.2) is 42.5 Å². The molecule has 0 unspecified atom stereocenters. The second-order valence-corrected chi connectivity index (χ2v) is 6.29. The smallest absolute Gasteiger partial charge is 0.284 e. The Morgan fingerprint density at radius 3 is 2.56 bits per heavy atom. The van der Waals surface area contributed by atoms with Crippen molar-refractivity contribution < 1.29 is 23.5 Å². The molecule has 0 spiro atoms. The van der Waals surface area contributed by atoms with E-state index in [1.54, 1.807) is 24.5 Å². The third kappa shape index (κ3) is 6.96. The molecule has 0 saturated carbocycles. The molecule has 0 heterocycles. The summed E-state index contributed by atoms with van der Waals surface area (Å²) in [5.74, 6) is -0.880. The van der Waals surface area contributed by atoms with Gasteiger partial charge in [0, 0.05) is 6.54 Å². The van der Waals surface area contributed by atoms with Gasteiger partial charge in [-0.1, -0.05) is 12.1 Å². The number of benzene rings is 2. The number of carbonyl (C=O) groups is 1. The number of amides is 1. The third-order valence-electron chi connectivity index (χ3n) is 4.12.